The first-order valence-electron chi connectivity index (χ1n) is 5.77. The minimum atomic E-state index is -1.07. The molecule has 0 atom stereocenters. The normalized spacial score (nSPS) is 11.0. The zero-order chi connectivity index (χ0) is 13.6. The first kappa shape index (κ1) is 11.4. The van der Waals surface area contributed by atoms with Crippen LogP contribution in [0.3, 0.4) is 0 Å². The third kappa shape index (κ3) is 1.67. The Bertz CT molecular complexity index is 828. The predicted octanol–water partition coefficient (Wildman–Crippen LogP) is 2.37. The van der Waals surface area contributed by atoms with Crippen LogP contribution in [0.25, 0.3) is 21.8 Å². The molecular formula is C14H11N3O2. The Morgan fingerprint density at radius 3 is 2.74 bits per heavy atom. The molecule has 0 spiro atoms. The Hall–Kier alpha value is -2.69. The molecule has 0 bridgehead atoms. The summed E-state index contributed by atoms with van der Waals surface area (Å²) in [6.07, 6.45) is 0. The fraction of sp³-hybridized carbons (Fsp3) is 0.0714. The van der Waals surface area contributed by atoms with Gasteiger partial charge in [0.1, 0.15) is 11.2 Å². The summed E-state index contributed by atoms with van der Waals surface area (Å²) < 4.78 is 0. The number of para-hydroxylation sites is 1. The Morgan fingerprint density at radius 1 is 1.26 bits per heavy atom. The number of hydrogen-bond donors (Lipinski definition) is 2. The smallest absolute Gasteiger partial charge is 0.354 e. The van der Waals surface area contributed by atoms with Gasteiger partial charge in [-0.2, -0.15) is 0 Å². The number of nitrogens with two attached hydrogens (primary N) is 1. The van der Waals surface area contributed by atoms with Gasteiger partial charge in [-0.15, -0.1) is 0 Å². The van der Waals surface area contributed by atoms with Crippen LogP contribution in [0.1, 0.15) is 16.1 Å². The van der Waals surface area contributed by atoms with Crippen molar-refractivity contribution < 1.29 is 9.90 Å². The van der Waals surface area contributed by atoms with Crippen molar-refractivity contribution in [2.45, 2.75) is 6.92 Å². The van der Waals surface area contributed by atoms with Crippen LogP contribution in [0, 0.1) is 6.92 Å². The zero-order valence-corrected chi connectivity index (χ0v) is 10.2. The van der Waals surface area contributed by atoms with Crippen LogP contribution in [-0.2, 0) is 0 Å². The molecule has 0 saturated heterocycles. The zero-order valence-electron chi connectivity index (χ0n) is 10.2. The van der Waals surface area contributed by atoms with Crippen molar-refractivity contribution in [2.24, 2.45) is 0 Å². The summed E-state index contributed by atoms with van der Waals surface area (Å²) in [5.74, 6) is -0.822. The summed E-state index contributed by atoms with van der Waals surface area (Å²) in [7, 11) is 0. The Kier molecular flexibility index (Phi) is 2.35. The summed E-state index contributed by atoms with van der Waals surface area (Å²) in [5, 5.41) is 10.8. The van der Waals surface area contributed by atoms with Crippen LogP contribution >= 0.6 is 0 Å². The molecular weight excluding hydrogens is 242 g/mol. The number of anilines is 1. The van der Waals surface area contributed by atoms with Crippen molar-refractivity contribution in [1.82, 2.24) is 9.97 Å². The van der Waals surface area contributed by atoms with Crippen molar-refractivity contribution in [2.75, 3.05) is 5.73 Å². The van der Waals surface area contributed by atoms with Crippen LogP contribution in [0.2, 0.25) is 0 Å². The Balaban J connectivity index is 2.55. The number of carboxylic acids is 1. The van der Waals surface area contributed by atoms with E-state index in [0.29, 0.717) is 5.52 Å². The molecule has 2 heterocycles. The van der Waals surface area contributed by atoms with E-state index in [0.717, 1.165) is 21.9 Å². The molecule has 3 rings (SSSR count). The number of nitrogens with zero attached hydrogens (tertiary/aromatic N) is 2. The molecule has 2 aromatic heterocycles. The second-order valence-electron chi connectivity index (χ2n) is 4.37. The largest absolute Gasteiger partial charge is 0.477 e. The minimum Gasteiger partial charge on any atom is -0.477 e. The van der Waals surface area contributed by atoms with Crippen LogP contribution in [0.15, 0.2) is 30.3 Å². The number of aryl methyl sites for hydroxylation is 1. The van der Waals surface area contributed by atoms with Crippen molar-refractivity contribution in [3.05, 3.63) is 41.6 Å². The monoisotopic (exact) mass is 253 g/mol. The summed E-state index contributed by atoms with van der Waals surface area (Å²) in [6.45, 7) is 1.85. The number of pyridine rings is 2. The molecule has 0 unspecified atom stereocenters. The maximum absolute atomic E-state index is 11.0. The average molecular weight is 253 g/mol. The number of hydrogen-bond acceptors (Lipinski definition) is 4. The molecule has 0 saturated carbocycles. The van der Waals surface area contributed by atoms with Gasteiger partial charge in [-0.3, -0.25) is 0 Å². The number of carbonyl (C=O) groups is 1. The molecule has 0 aliphatic heterocycles. The van der Waals surface area contributed by atoms with Crippen molar-refractivity contribution in [3.8, 4) is 0 Å². The number of aromatic nitrogens is 2. The molecule has 0 aliphatic carbocycles. The van der Waals surface area contributed by atoms with Gasteiger partial charge in [0.15, 0.2) is 5.82 Å². The van der Waals surface area contributed by atoms with E-state index in [1.54, 1.807) is 6.07 Å². The van der Waals surface area contributed by atoms with E-state index in [4.69, 9.17) is 10.8 Å². The molecule has 1 aromatic carbocycles. The van der Waals surface area contributed by atoms with Gasteiger partial charge < -0.3 is 10.8 Å². The Labute approximate surface area is 108 Å². The second-order valence-corrected chi connectivity index (χ2v) is 4.37. The van der Waals surface area contributed by atoms with E-state index in [1.165, 1.54) is 0 Å². The molecule has 0 fully saturated rings. The molecule has 5 heteroatoms. The highest BCUT2D eigenvalue weighted by Crippen LogP contribution is 2.29. The highest BCUT2D eigenvalue weighted by atomic mass is 16.4. The number of aromatic carboxylic acids is 1. The first-order valence-corrected chi connectivity index (χ1v) is 5.77. The maximum Gasteiger partial charge on any atom is 0.354 e. The Morgan fingerprint density at radius 2 is 2.00 bits per heavy atom. The number of nitrogen functional groups attached to an aromatic ring is 1. The second kappa shape index (κ2) is 3.91. The fourth-order valence-electron chi connectivity index (χ4n) is 2.27. The lowest BCUT2D eigenvalue weighted by Crippen LogP contribution is -2.04. The van der Waals surface area contributed by atoms with Crippen LogP contribution in [0.5, 0.6) is 0 Å². The fourth-order valence-corrected chi connectivity index (χ4v) is 2.27. The van der Waals surface area contributed by atoms with E-state index in [2.05, 4.69) is 9.97 Å². The van der Waals surface area contributed by atoms with Crippen LogP contribution in [0.4, 0.5) is 5.82 Å². The lowest BCUT2D eigenvalue weighted by molar-refractivity contribution is 0.0691. The van der Waals surface area contributed by atoms with E-state index >= 15 is 0 Å². The third-order valence-electron chi connectivity index (χ3n) is 3.09. The average Bonchev–Trinajstić information content (AvgIpc) is 2.38. The van der Waals surface area contributed by atoms with Gasteiger partial charge in [-0.25, -0.2) is 14.8 Å². The highest BCUT2D eigenvalue weighted by molar-refractivity contribution is 6.10. The molecule has 3 aromatic rings. The van der Waals surface area contributed by atoms with Gasteiger partial charge in [-0.05, 0) is 24.6 Å². The van der Waals surface area contributed by atoms with Gasteiger partial charge in [0.25, 0.3) is 0 Å². The quantitative estimate of drug-likeness (QED) is 0.650. The summed E-state index contributed by atoms with van der Waals surface area (Å²) in [4.78, 5) is 19.4. The lowest BCUT2D eigenvalue weighted by atomic mass is 10.0. The number of benzene rings is 1. The van der Waals surface area contributed by atoms with Crippen LogP contribution in [-0.4, -0.2) is 21.0 Å². The summed E-state index contributed by atoms with van der Waals surface area (Å²) in [6, 6.07) is 9.14. The van der Waals surface area contributed by atoms with Crippen molar-refractivity contribution in [1.29, 1.82) is 0 Å². The van der Waals surface area contributed by atoms with Crippen LogP contribution < -0.4 is 5.73 Å². The van der Waals surface area contributed by atoms with E-state index < -0.39 is 5.97 Å². The molecule has 5 nitrogen and oxygen atoms in total. The summed E-state index contributed by atoms with van der Waals surface area (Å²) >= 11 is 0. The molecule has 0 aliphatic rings. The van der Waals surface area contributed by atoms with Crippen molar-refractivity contribution >= 4 is 33.6 Å². The van der Waals surface area contributed by atoms with Gasteiger partial charge in [-0.1, -0.05) is 18.2 Å². The number of carboxylic acid groups (broad SMARTS) is 1. The van der Waals surface area contributed by atoms with E-state index in [-0.39, 0.29) is 11.5 Å². The number of rotatable bonds is 1. The van der Waals surface area contributed by atoms with E-state index in [1.807, 2.05) is 31.2 Å². The summed E-state index contributed by atoms with van der Waals surface area (Å²) in [5.41, 5.74) is 7.92. The predicted molar refractivity (Wildman–Crippen MR) is 73.2 cm³/mol. The van der Waals surface area contributed by atoms with Gasteiger partial charge >= 0.3 is 5.97 Å². The number of fused-ring (bicyclic) bond motifs is 3. The van der Waals surface area contributed by atoms with Gasteiger partial charge in [0, 0.05) is 10.8 Å². The SMILES string of the molecule is Cc1cc(C(=O)O)nc2c(N)nc3ccccc3c12. The molecule has 0 radical (unpaired) electrons. The van der Waals surface area contributed by atoms with Gasteiger partial charge in [0.2, 0.25) is 0 Å². The minimum absolute atomic E-state index is 0.0196. The molecule has 19 heavy (non-hydrogen) atoms. The highest BCUT2D eigenvalue weighted by Gasteiger charge is 2.14. The molecule has 3 N–H and O–H groups in total. The third-order valence-corrected chi connectivity index (χ3v) is 3.09. The van der Waals surface area contributed by atoms with Gasteiger partial charge in [0.05, 0.1) is 5.52 Å². The topological polar surface area (TPSA) is 89.1 Å². The maximum atomic E-state index is 11.0. The van der Waals surface area contributed by atoms with Crippen molar-refractivity contribution in [3.63, 3.8) is 0 Å². The molecule has 94 valence electrons. The first-order chi connectivity index (χ1) is 9.08. The standard InChI is InChI=1S/C14H11N3O2/c1-7-6-10(14(18)19)16-12-11(7)8-4-2-3-5-9(8)17-13(12)15/h2-6H,1H3,(H2,15,17)(H,18,19). The van der Waals surface area contributed by atoms with E-state index in [9.17, 15) is 4.79 Å². The lowest BCUT2D eigenvalue weighted by Gasteiger charge is -2.09. The molecule has 0 amide bonds.